The number of carbonyl (C=O) groups excluding carboxylic acids is 2. The lowest BCUT2D eigenvalue weighted by Gasteiger charge is -2.12. The van der Waals surface area contributed by atoms with Gasteiger partial charge in [-0.15, -0.1) is 11.3 Å². The second-order valence-corrected chi connectivity index (χ2v) is 6.46. The van der Waals surface area contributed by atoms with Gasteiger partial charge in [-0.05, 0) is 18.6 Å². The van der Waals surface area contributed by atoms with Gasteiger partial charge in [-0.25, -0.2) is 9.78 Å². The Morgan fingerprint density at radius 1 is 1.30 bits per heavy atom. The summed E-state index contributed by atoms with van der Waals surface area (Å²) in [4.78, 5) is 38.4. The van der Waals surface area contributed by atoms with Crippen molar-refractivity contribution in [3.8, 4) is 11.5 Å². The number of hydrogen-bond acceptors (Lipinski definition) is 8. The van der Waals surface area contributed by atoms with Gasteiger partial charge < -0.3 is 30.9 Å². The van der Waals surface area contributed by atoms with Crippen LogP contribution in [-0.2, 0) is 9.59 Å². The fraction of sp³-hybridized carbons (Fsp3) is 0.250. The highest BCUT2D eigenvalue weighted by Crippen LogP contribution is 2.35. The number of nitrogens with zero attached hydrogens (tertiary/aromatic N) is 1. The van der Waals surface area contributed by atoms with E-state index in [1.807, 2.05) is 0 Å². The zero-order valence-corrected chi connectivity index (χ0v) is 14.7. The number of hydrogen-bond donors (Lipinski definition) is 4. The molecule has 27 heavy (non-hydrogen) atoms. The Bertz CT molecular complexity index is 884. The molecule has 0 fully saturated rings. The van der Waals surface area contributed by atoms with Crippen LogP contribution in [0.3, 0.4) is 0 Å². The van der Waals surface area contributed by atoms with Gasteiger partial charge in [0.1, 0.15) is 11.7 Å². The second-order valence-electron chi connectivity index (χ2n) is 5.60. The quantitative estimate of drug-likeness (QED) is 0.520. The molecular formula is C16H16N4O6S. The van der Waals surface area contributed by atoms with Crippen LogP contribution >= 0.6 is 11.3 Å². The standard InChI is InChI=1S/C16H16N4O6S/c17-13(21)4-2-9(15(23)24)19-14(22)10-6-27-16(20-10)18-8-1-3-11-12(5-8)26-7-25-11/h1,3,5-6,9H,2,4,7H2,(H2,17,21)(H,18,20)(H,19,22)(H,23,24). The van der Waals surface area contributed by atoms with Gasteiger partial charge in [0, 0.05) is 23.6 Å². The molecule has 0 saturated carbocycles. The summed E-state index contributed by atoms with van der Waals surface area (Å²) in [7, 11) is 0. The lowest BCUT2D eigenvalue weighted by molar-refractivity contribution is -0.139. The highest BCUT2D eigenvalue weighted by molar-refractivity contribution is 7.14. The molecule has 5 N–H and O–H groups in total. The highest BCUT2D eigenvalue weighted by atomic mass is 32.1. The number of fused-ring (bicyclic) bond motifs is 1. The maximum atomic E-state index is 12.2. The first-order chi connectivity index (χ1) is 12.9. The summed E-state index contributed by atoms with van der Waals surface area (Å²) in [5.41, 5.74) is 5.78. The smallest absolute Gasteiger partial charge is 0.326 e. The fourth-order valence-electron chi connectivity index (χ4n) is 2.31. The van der Waals surface area contributed by atoms with Crippen LogP contribution in [0.1, 0.15) is 23.3 Å². The van der Waals surface area contributed by atoms with E-state index in [1.54, 1.807) is 18.2 Å². The van der Waals surface area contributed by atoms with Crippen LogP contribution in [-0.4, -0.2) is 40.7 Å². The van der Waals surface area contributed by atoms with E-state index >= 15 is 0 Å². The minimum absolute atomic E-state index is 0.0635. The first-order valence-electron chi connectivity index (χ1n) is 7.86. The predicted molar refractivity (Wildman–Crippen MR) is 95.3 cm³/mol. The second kappa shape index (κ2) is 7.91. The van der Waals surface area contributed by atoms with Gasteiger partial charge in [0.05, 0.1) is 0 Å². The number of carbonyl (C=O) groups is 3. The van der Waals surface area contributed by atoms with Crippen molar-refractivity contribution in [2.75, 3.05) is 12.1 Å². The molecule has 1 aliphatic heterocycles. The van der Waals surface area contributed by atoms with Crippen molar-refractivity contribution in [2.45, 2.75) is 18.9 Å². The number of anilines is 2. The van der Waals surface area contributed by atoms with Crippen LogP contribution in [0.25, 0.3) is 0 Å². The maximum Gasteiger partial charge on any atom is 0.326 e. The van der Waals surface area contributed by atoms with Crippen molar-refractivity contribution in [3.63, 3.8) is 0 Å². The Morgan fingerprint density at radius 3 is 2.81 bits per heavy atom. The van der Waals surface area contributed by atoms with Crippen LogP contribution in [0.4, 0.5) is 10.8 Å². The van der Waals surface area contributed by atoms with Crippen molar-refractivity contribution < 1.29 is 29.0 Å². The number of ether oxygens (including phenoxy) is 2. The number of thiazole rings is 1. The highest BCUT2D eigenvalue weighted by Gasteiger charge is 2.22. The van der Waals surface area contributed by atoms with E-state index in [0.29, 0.717) is 22.3 Å². The van der Waals surface area contributed by atoms with E-state index in [-0.39, 0.29) is 25.3 Å². The van der Waals surface area contributed by atoms with Crippen LogP contribution in [0.2, 0.25) is 0 Å². The van der Waals surface area contributed by atoms with Crippen molar-refractivity contribution in [2.24, 2.45) is 5.73 Å². The molecule has 10 nitrogen and oxygen atoms in total. The van der Waals surface area contributed by atoms with Gasteiger partial charge in [-0.2, -0.15) is 0 Å². The Balaban J connectivity index is 1.63. The van der Waals surface area contributed by atoms with Gasteiger partial charge in [0.2, 0.25) is 12.7 Å². The first-order valence-corrected chi connectivity index (χ1v) is 8.74. The number of carboxylic acid groups (broad SMARTS) is 1. The number of primary amides is 1. The number of aliphatic carboxylic acids is 1. The topological polar surface area (TPSA) is 153 Å². The number of aromatic nitrogens is 1. The zero-order chi connectivity index (χ0) is 19.4. The molecule has 1 aromatic heterocycles. The molecule has 0 saturated heterocycles. The van der Waals surface area contributed by atoms with Crippen LogP contribution in [0.15, 0.2) is 23.6 Å². The summed E-state index contributed by atoms with van der Waals surface area (Å²) in [5.74, 6) is -1.29. The number of carboxylic acids is 1. The summed E-state index contributed by atoms with van der Waals surface area (Å²) >= 11 is 1.18. The van der Waals surface area contributed by atoms with Gasteiger partial charge in [0.25, 0.3) is 5.91 Å². The molecule has 1 atom stereocenters. The number of nitrogens with one attached hydrogen (secondary N) is 2. The number of rotatable bonds is 8. The number of benzene rings is 1. The molecule has 0 radical (unpaired) electrons. The lowest BCUT2D eigenvalue weighted by Crippen LogP contribution is -2.41. The maximum absolute atomic E-state index is 12.2. The molecule has 1 unspecified atom stereocenters. The Morgan fingerprint density at radius 2 is 2.07 bits per heavy atom. The molecule has 0 spiro atoms. The molecule has 1 aliphatic rings. The number of nitrogens with two attached hydrogens (primary N) is 1. The van der Waals surface area contributed by atoms with E-state index in [9.17, 15) is 14.4 Å². The van der Waals surface area contributed by atoms with Crippen LogP contribution < -0.4 is 25.8 Å². The summed E-state index contributed by atoms with van der Waals surface area (Å²) in [6, 6.07) is 4.05. The number of amides is 2. The average Bonchev–Trinajstić information content (AvgIpc) is 3.26. The van der Waals surface area contributed by atoms with Crippen molar-refractivity contribution in [3.05, 3.63) is 29.3 Å². The molecule has 0 bridgehead atoms. The molecule has 142 valence electrons. The van der Waals surface area contributed by atoms with Crippen LogP contribution in [0.5, 0.6) is 11.5 Å². The minimum Gasteiger partial charge on any atom is -0.480 e. The molecule has 11 heteroatoms. The zero-order valence-electron chi connectivity index (χ0n) is 13.9. The van der Waals surface area contributed by atoms with E-state index in [4.69, 9.17) is 20.3 Å². The largest absolute Gasteiger partial charge is 0.480 e. The summed E-state index contributed by atoms with van der Waals surface area (Å²) in [6.07, 6.45) is -0.242. The third kappa shape index (κ3) is 4.64. The lowest BCUT2D eigenvalue weighted by atomic mass is 10.1. The molecule has 3 rings (SSSR count). The normalized spacial score (nSPS) is 13.0. The molecule has 2 aromatic rings. The van der Waals surface area contributed by atoms with Crippen LogP contribution in [0, 0.1) is 0 Å². The molecule has 2 heterocycles. The third-order valence-corrected chi connectivity index (χ3v) is 4.40. The van der Waals surface area contributed by atoms with Gasteiger partial charge >= 0.3 is 5.97 Å². The van der Waals surface area contributed by atoms with Crippen molar-refractivity contribution >= 4 is 39.9 Å². The van der Waals surface area contributed by atoms with E-state index < -0.39 is 23.8 Å². The summed E-state index contributed by atoms with van der Waals surface area (Å²) in [5, 5.41) is 16.5. The van der Waals surface area contributed by atoms with Crippen molar-refractivity contribution in [1.82, 2.24) is 10.3 Å². The molecule has 0 aliphatic carbocycles. The molecule has 2 amide bonds. The minimum atomic E-state index is -1.25. The van der Waals surface area contributed by atoms with Gasteiger partial charge in [-0.3, -0.25) is 9.59 Å². The monoisotopic (exact) mass is 392 g/mol. The van der Waals surface area contributed by atoms with E-state index in [0.717, 1.165) is 0 Å². The first kappa shape index (κ1) is 18.5. The van der Waals surface area contributed by atoms with E-state index in [1.165, 1.54) is 16.7 Å². The Kier molecular flexibility index (Phi) is 5.41. The molecule has 1 aromatic carbocycles. The van der Waals surface area contributed by atoms with Gasteiger partial charge in [0.15, 0.2) is 16.6 Å². The van der Waals surface area contributed by atoms with Crippen molar-refractivity contribution in [1.29, 1.82) is 0 Å². The summed E-state index contributed by atoms with van der Waals surface area (Å²) in [6.45, 7) is 0.168. The average molecular weight is 392 g/mol. The predicted octanol–water partition coefficient (Wildman–Crippen LogP) is 1.06. The third-order valence-electron chi connectivity index (χ3n) is 3.64. The van der Waals surface area contributed by atoms with Gasteiger partial charge in [-0.1, -0.05) is 0 Å². The fourth-order valence-corrected chi connectivity index (χ4v) is 3.02. The Hall–Kier alpha value is -3.34. The SMILES string of the molecule is NC(=O)CCC(NC(=O)c1csc(Nc2ccc3c(c2)OCO3)n1)C(=O)O. The van der Waals surface area contributed by atoms with E-state index in [2.05, 4.69) is 15.6 Å². The Labute approximate surface area is 157 Å². The summed E-state index contributed by atoms with van der Waals surface area (Å²) < 4.78 is 10.5. The molecular weight excluding hydrogens is 376 g/mol.